The number of anilines is 2. The van der Waals surface area contributed by atoms with Crippen LogP contribution in [0.5, 0.6) is 5.75 Å². The number of urea groups is 1. The zero-order valence-corrected chi connectivity index (χ0v) is 11.2. The standard InChI is InChI=1S/C13H13N5O3/c1-21-10-3-2-8(12(14)19)6-9(10)17-13(20)18-11-7-15-4-5-16-11/h2-7H,1H3,(H2,14,19)(H2,16,17,18,20). The van der Waals surface area contributed by atoms with Gasteiger partial charge in [-0.15, -0.1) is 0 Å². The van der Waals surface area contributed by atoms with E-state index in [9.17, 15) is 9.59 Å². The summed E-state index contributed by atoms with van der Waals surface area (Å²) in [6, 6.07) is 3.93. The Morgan fingerprint density at radius 2 is 2.05 bits per heavy atom. The number of aromatic nitrogens is 2. The lowest BCUT2D eigenvalue weighted by Gasteiger charge is -2.11. The van der Waals surface area contributed by atoms with E-state index in [2.05, 4.69) is 20.6 Å². The summed E-state index contributed by atoms with van der Waals surface area (Å²) in [4.78, 5) is 30.8. The molecule has 0 bridgehead atoms. The summed E-state index contributed by atoms with van der Waals surface area (Å²) in [6.45, 7) is 0. The summed E-state index contributed by atoms with van der Waals surface area (Å²) < 4.78 is 5.11. The van der Waals surface area contributed by atoms with Crippen LogP contribution in [0, 0.1) is 0 Å². The molecule has 1 aromatic carbocycles. The predicted octanol–water partition coefficient (Wildman–Crippen LogP) is 1.23. The highest BCUT2D eigenvalue weighted by Gasteiger charge is 2.11. The molecule has 8 nitrogen and oxygen atoms in total. The summed E-state index contributed by atoms with van der Waals surface area (Å²) in [6.07, 6.45) is 4.34. The van der Waals surface area contributed by atoms with Crippen LogP contribution in [0.15, 0.2) is 36.8 Å². The number of nitrogens with two attached hydrogens (primary N) is 1. The Balaban J connectivity index is 2.16. The number of amides is 3. The van der Waals surface area contributed by atoms with Crippen LogP contribution in [0.25, 0.3) is 0 Å². The van der Waals surface area contributed by atoms with E-state index >= 15 is 0 Å². The Kier molecular flexibility index (Phi) is 4.30. The van der Waals surface area contributed by atoms with Gasteiger partial charge in [0.15, 0.2) is 5.82 Å². The van der Waals surface area contributed by atoms with Gasteiger partial charge in [0.1, 0.15) is 5.75 Å². The Morgan fingerprint density at radius 3 is 2.67 bits per heavy atom. The van der Waals surface area contributed by atoms with Gasteiger partial charge in [0.25, 0.3) is 0 Å². The fourth-order valence-electron chi connectivity index (χ4n) is 1.59. The molecule has 0 spiro atoms. The summed E-state index contributed by atoms with van der Waals surface area (Å²) in [5.74, 6) is 0.0874. The normalized spacial score (nSPS) is 9.76. The van der Waals surface area contributed by atoms with E-state index in [0.717, 1.165) is 0 Å². The van der Waals surface area contributed by atoms with Gasteiger partial charge in [0.2, 0.25) is 5.91 Å². The smallest absolute Gasteiger partial charge is 0.324 e. The van der Waals surface area contributed by atoms with Gasteiger partial charge in [-0.25, -0.2) is 9.78 Å². The van der Waals surface area contributed by atoms with E-state index in [0.29, 0.717) is 17.3 Å². The number of methoxy groups -OCH3 is 1. The van der Waals surface area contributed by atoms with E-state index in [1.807, 2.05) is 0 Å². The first kappa shape index (κ1) is 14.3. The molecule has 3 amide bonds. The molecule has 21 heavy (non-hydrogen) atoms. The molecule has 0 saturated carbocycles. The Hall–Kier alpha value is -3.16. The zero-order valence-electron chi connectivity index (χ0n) is 11.2. The maximum Gasteiger partial charge on any atom is 0.324 e. The molecule has 0 aliphatic carbocycles. The molecular formula is C13H13N5O3. The number of rotatable bonds is 4. The van der Waals surface area contributed by atoms with E-state index in [4.69, 9.17) is 10.5 Å². The molecule has 4 N–H and O–H groups in total. The molecular weight excluding hydrogens is 274 g/mol. The van der Waals surface area contributed by atoms with Crippen LogP contribution in [-0.4, -0.2) is 29.0 Å². The minimum Gasteiger partial charge on any atom is -0.495 e. The molecule has 0 atom stereocenters. The van der Waals surface area contributed by atoms with Crippen molar-refractivity contribution in [2.24, 2.45) is 5.73 Å². The Labute approximate surface area is 120 Å². The van der Waals surface area contributed by atoms with Crippen molar-refractivity contribution < 1.29 is 14.3 Å². The second-order valence-corrected chi connectivity index (χ2v) is 3.95. The summed E-state index contributed by atoms with van der Waals surface area (Å²) in [7, 11) is 1.45. The first-order chi connectivity index (χ1) is 10.1. The third-order valence-electron chi connectivity index (χ3n) is 2.54. The van der Waals surface area contributed by atoms with Gasteiger partial charge in [0, 0.05) is 18.0 Å². The van der Waals surface area contributed by atoms with Crippen molar-refractivity contribution in [3.63, 3.8) is 0 Å². The number of nitrogens with one attached hydrogen (secondary N) is 2. The van der Waals surface area contributed by atoms with Gasteiger partial charge in [0.05, 0.1) is 19.0 Å². The number of ether oxygens (including phenoxy) is 1. The molecule has 2 rings (SSSR count). The lowest BCUT2D eigenvalue weighted by atomic mass is 10.2. The zero-order chi connectivity index (χ0) is 15.2. The van der Waals surface area contributed by atoms with Crippen LogP contribution in [-0.2, 0) is 0 Å². The molecule has 1 heterocycles. The number of carbonyl (C=O) groups excluding carboxylic acids is 2. The third-order valence-corrected chi connectivity index (χ3v) is 2.54. The topological polar surface area (TPSA) is 119 Å². The largest absolute Gasteiger partial charge is 0.495 e. The highest BCUT2D eigenvalue weighted by molar-refractivity contribution is 6.01. The van der Waals surface area contributed by atoms with Crippen LogP contribution in [0.1, 0.15) is 10.4 Å². The van der Waals surface area contributed by atoms with E-state index in [-0.39, 0.29) is 5.56 Å². The Bertz CT molecular complexity index is 660. The molecule has 0 radical (unpaired) electrons. The minimum absolute atomic E-state index is 0.255. The second kappa shape index (κ2) is 6.33. The molecule has 0 unspecified atom stereocenters. The fraction of sp³-hybridized carbons (Fsp3) is 0.0769. The predicted molar refractivity (Wildman–Crippen MR) is 76.2 cm³/mol. The molecule has 0 aliphatic rings. The van der Waals surface area contributed by atoms with Crippen LogP contribution in [0.3, 0.4) is 0 Å². The van der Waals surface area contributed by atoms with Gasteiger partial charge >= 0.3 is 6.03 Å². The number of carbonyl (C=O) groups is 2. The van der Waals surface area contributed by atoms with Gasteiger partial charge in [-0.05, 0) is 18.2 Å². The van der Waals surface area contributed by atoms with Crippen LogP contribution < -0.4 is 21.1 Å². The first-order valence-electron chi connectivity index (χ1n) is 5.92. The average molecular weight is 287 g/mol. The van der Waals surface area contributed by atoms with E-state index in [1.165, 1.54) is 43.9 Å². The maximum atomic E-state index is 11.9. The first-order valence-corrected chi connectivity index (χ1v) is 5.92. The van der Waals surface area contributed by atoms with Crippen molar-refractivity contribution >= 4 is 23.4 Å². The van der Waals surface area contributed by atoms with Crippen LogP contribution in [0.4, 0.5) is 16.3 Å². The maximum absolute atomic E-state index is 11.9. The highest BCUT2D eigenvalue weighted by atomic mass is 16.5. The summed E-state index contributed by atoms with van der Waals surface area (Å²) in [5, 5.41) is 5.05. The minimum atomic E-state index is -0.602. The quantitative estimate of drug-likeness (QED) is 0.781. The number of primary amides is 1. The average Bonchev–Trinajstić information content (AvgIpc) is 2.48. The van der Waals surface area contributed by atoms with Gasteiger partial charge < -0.3 is 15.8 Å². The van der Waals surface area contributed by atoms with Crippen LogP contribution >= 0.6 is 0 Å². The number of nitrogens with zero attached hydrogens (tertiary/aromatic N) is 2. The van der Waals surface area contributed by atoms with Crippen molar-refractivity contribution in [1.29, 1.82) is 0 Å². The van der Waals surface area contributed by atoms with E-state index in [1.54, 1.807) is 0 Å². The summed E-state index contributed by atoms with van der Waals surface area (Å²) in [5.41, 5.74) is 5.77. The number of benzene rings is 1. The number of hydrogen-bond acceptors (Lipinski definition) is 5. The Morgan fingerprint density at radius 1 is 1.24 bits per heavy atom. The second-order valence-electron chi connectivity index (χ2n) is 3.95. The van der Waals surface area contributed by atoms with Crippen molar-refractivity contribution in [2.75, 3.05) is 17.7 Å². The van der Waals surface area contributed by atoms with Gasteiger partial charge in [-0.1, -0.05) is 0 Å². The lowest BCUT2D eigenvalue weighted by Crippen LogP contribution is -2.21. The van der Waals surface area contributed by atoms with Crippen molar-refractivity contribution in [3.8, 4) is 5.75 Å². The van der Waals surface area contributed by atoms with Crippen LogP contribution in [0.2, 0.25) is 0 Å². The monoisotopic (exact) mass is 287 g/mol. The van der Waals surface area contributed by atoms with E-state index < -0.39 is 11.9 Å². The SMILES string of the molecule is COc1ccc(C(N)=O)cc1NC(=O)Nc1cnccn1. The van der Waals surface area contributed by atoms with Crippen molar-refractivity contribution in [1.82, 2.24) is 9.97 Å². The molecule has 108 valence electrons. The molecule has 0 fully saturated rings. The number of hydrogen-bond donors (Lipinski definition) is 3. The molecule has 8 heteroatoms. The molecule has 0 saturated heterocycles. The summed E-state index contributed by atoms with van der Waals surface area (Å²) >= 11 is 0. The lowest BCUT2D eigenvalue weighted by molar-refractivity contribution is 0.1000. The van der Waals surface area contributed by atoms with Gasteiger partial charge in [-0.3, -0.25) is 15.1 Å². The fourth-order valence-corrected chi connectivity index (χ4v) is 1.59. The van der Waals surface area contributed by atoms with Crippen molar-refractivity contribution in [2.45, 2.75) is 0 Å². The van der Waals surface area contributed by atoms with Crippen molar-refractivity contribution in [3.05, 3.63) is 42.4 Å². The molecule has 0 aliphatic heterocycles. The molecule has 1 aromatic heterocycles. The van der Waals surface area contributed by atoms with Gasteiger partial charge in [-0.2, -0.15) is 0 Å². The molecule has 2 aromatic rings. The highest BCUT2D eigenvalue weighted by Crippen LogP contribution is 2.25. The third kappa shape index (κ3) is 3.66.